The van der Waals surface area contributed by atoms with Crippen LogP contribution in [0, 0.1) is 5.82 Å². The Bertz CT molecular complexity index is 783. The highest BCUT2D eigenvalue weighted by Gasteiger charge is 2.31. The zero-order valence-corrected chi connectivity index (χ0v) is 13.3. The van der Waals surface area contributed by atoms with Gasteiger partial charge in [0.05, 0.1) is 21.3 Å². The van der Waals surface area contributed by atoms with Crippen molar-refractivity contribution in [2.24, 2.45) is 0 Å². The highest BCUT2D eigenvalue weighted by molar-refractivity contribution is 6.34. The monoisotopic (exact) mass is 377 g/mol. The molecule has 0 aromatic heterocycles. The van der Waals surface area contributed by atoms with Crippen LogP contribution in [-0.2, 0) is 11.0 Å². The molecule has 0 aliphatic heterocycles. The molecule has 8 heteroatoms. The van der Waals surface area contributed by atoms with Gasteiger partial charge in [0, 0.05) is 11.6 Å². The Morgan fingerprint density at radius 1 is 1.08 bits per heavy atom. The Morgan fingerprint density at radius 3 is 2.42 bits per heavy atom. The molecule has 0 saturated heterocycles. The molecule has 0 aliphatic rings. The van der Waals surface area contributed by atoms with Gasteiger partial charge in [0.1, 0.15) is 5.82 Å². The maximum atomic E-state index is 13.6. The first-order valence-electron chi connectivity index (χ1n) is 6.48. The summed E-state index contributed by atoms with van der Waals surface area (Å²) in [6.07, 6.45) is -2.50. The number of carbonyl (C=O) groups is 1. The summed E-state index contributed by atoms with van der Waals surface area (Å²) in [5.41, 5.74) is -1.17. The molecule has 0 atom stereocenters. The lowest BCUT2D eigenvalue weighted by atomic mass is 10.2. The number of amides is 1. The molecule has 0 heterocycles. The summed E-state index contributed by atoms with van der Waals surface area (Å²) in [4.78, 5) is 11.8. The van der Waals surface area contributed by atoms with Crippen LogP contribution in [0.1, 0.15) is 11.1 Å². The van der Waals surface area contributed by atoms with Gasteiger partial charge < -0.3 is 5.32 Å². The van der Waals surface area contributed by atoms with E-state index in [-0.39, 0.29) is 21.3 Å². The second-order valence-electron chi connectivity index (χ2n) is 4.65. The van der Waals surface area contributed by atoms with Crippen LogP contribution < -0.4 is 5.32 Å². The Morgan fingerprint density at radius 2 is 1.79 bits per heavy atom. The summed E-state index contributed by atoms with van der Waals surface area (Å²) in [5.74, 6) is -1.42. The van der Waals surface area contributed by atoms with E-state index < -0.39 is 23.5 Å². The van der Waals surface area contributed by atoms with Crippen LogP contribution >= 0.6 is 23.2 Å². The molecule has 1 N–H and O–H groups in total. The second-order valence-corrected chi connectivity index (χ2v) is 5.46. The van der Waals surface area contributed by atoms with Crippen LogP contribution in [0.15, 0.2) is 42.5 Å². The summed E-state index contributed by atoms with van der Waals surface area (Å²) in [6, 6.07) is 6.53. The standard InChI is InChI=1S/C16H9Cl2F4NO/c17-11-2-1-3-13(19)10(11)5-7-15(24)23-14-8-9(16(20,21)22)4-6-12(14)18/h1-8H,(H,23,24). The van der Waals surface area contributed by atoms with Crippen LogP contribution in [0.3, 0.4) is 0 Å². The minimum atomic E-state index is -4.57. The minimum Gasteiger partial charge on any atom is -0.321 e. The fraction of sp³-hybridized carbons (Fsp3) is 0.0625. The first-order valence-corrected chi connectivity index (χ1v) is 7.24. The average molecular weight is 378 g/mol. The number of rotatable bonds is 3. The zero-order valence-electron chi connectivity index (χ0n) is 11.8. The first kappa shape index (κ1) is 18.3. The van der Waals surface area contributed by atoms with Crippen molar-refractivity contribution in [3.63, 3.8) is 0 Å². The molecule has 2 rings (SSSR count). The molecule has 0 unspecified atom stereocenters. The molecule has 0 aliphatic carbocycles. The van der Waals surface area contributed by atoms with E-state index in [2.05, 4.69) is 5.32 Å². The fourth-order valence-corrected chi connectivity index (χ4v) is 2.19. The lowest BCUT2D eigenvalue weighted by molar-refractivity contribution is -0.137. The van der Waals surface area contributed by atoms with Gasteiger partial charge in [-0.15, -0.1) is 0 Å². The third-order valence-corrected chi connectivity index (χ3v) is 3.61. The van der Waals surface area contributed by atoms with E-state index in [1.165, 1.54) is 12.1 Å². The summed E-state index contributed by atoms with van der Waals surface area (Å²) in [5, 5.41) is 2.24. The van der Waals surface area contributed by atoms with Crippen molar-refractivity contribution in [2.75, 3.05) is 5.32 Å². The third-order valence-electron chi connectivity index (χ3n) is 2.95. The fourth-order valence-electron chi connectivity index (χ4n) is 1.80. The van der Waals surface area contributed by atoms with Gasteiger partial charge in [0.2, 0.25) is 5.91 Å². The Hall–Kier alpha value is -2.05. The Labute approximate surface area is 144 Å². The van der Waals surface area contributed by atoms with Gasteiger partial charge in [-0.05, 0) is 36.4 Å². The number of benzene rings is 2. The number of nitrogens with one attached hydrogen (secondary N) is 1. The molecule has 126 valence electrons. The van der Waals surface area contributed by atoms with Crippen LogP contribution in [0.25, 0.3) is 6.08 Å². The Kier molecular flexibility index (Phi) is 5.51. The van der Waals surface area contributed by atoms with E-state index in [0.29, 0.717) is 6.07 Å². The molecular formula is C16H9Cl2F4NO. The minimum absolute atomic E-state index is 0.00976. The van der Waals surface area contributed by atoms with Gasteiger partial charge in [0.15, 0.2) is 0 Å². The number of anilines is 1. The topological polar surface area (TPSA) is 29.1 Å². The van der Waals surface area contributed by atoms with Crippen molar-refractivity contribution < 1.29 is 22.4 Å². The van der Waals surface area contributed by atoms with E-state index in [0.717, 1.165) is 30.4 Å². The quantitative estimate of drug-likeness (QED) is 0.531. The van der Waals surface area contributed by atoms with Gasteiger partial charge in [0.25, 0.3) is 0 Å². The highest BCUT2D eigenvalue weighted by Crippen LogP contribution is 2.33. The van der Waals surface area contributed by atoms with Crippen molar-refractivity contribution in [1.82, 2.24) is 0 Å². The van der Waals surface area contributed by atoms with Crippen molar-refractivity contribution in [2.45, 2.75) is 6.18 Å². The predicted octanol–water partition coefficient (Wildman–Crippen LogP) is 5.80. The lowest BCUT2D eigenvalue weighted by Crippen LogP contribution is -2.11. The number of alkyl halides is 3. The molecule has 0 radical (unpaired) electrons. The smallest absolute Gasteiger partial charge is 0.321 e. The highest BCUT2D eigenvalue weighted by atomic mass is 35.5. The summed E-state index contributed by atoms with van der Waals surface area (Å²) in [7, 11) is 0. The first-order chi connectivity index (χ1) is 11.2. The van der Waals surface area contributed by atoms with Crippen LogP contribution in [0.5, 0.6) is 0 Å². The summed E-state index contributed by atoms with van der Waals surface area (Å²) >= 11 is 11.6. The number of halogens is 6. The Balaban J connectivity index is 2.20. The largest absolute Gasteiger partial charge is 0.416 e. The molecule has 0 spiro atoms. The number of hydrogen-bond donors (Lipinski definition) is 1. The summed E-state index contributed by atoms with van der Waals surface area (Å²) in [6.45, 7) is 0. The van der Waals surface area contributed by atoms with Crippen molar-refractivity contribution in [3.05, 3.63) is 69.5 Å². The average Bonchev–Trinajstić information content (AvgIpc) is 2.48. The second kappa shape index (κ2) is 7.23. The van der Waals surface area contributed by atoms with E-state index in [1.807, 2.05) is 0 Å². The van der Waals surface area contributed by atoms with Crippen molar-refractivity contribution in [1.29, 1.82) is 0 Å². The number of hydrogen-bond acceptors (Lipinski definition) is 1. The normalized spacial score (nSPS) is 11.8. The zero-order chi connectivity index (χ0) is 17.9. The van der Waals surface area contributed by atoms with E-state index >= 15 is 0 Å². The van der Waals surface area contributed by atoms with E-state index in [4.69, 9.17) is 23.2 Å². The molecule has 2 nitrogen and oxygen atoms in total. The third kappa shape index (κ3) is 4.49. The molecule has 1 amide bonds. The molecule has 0 fully saturated rings. The van der Waals surface area contributed by atoms with Crippen LogP contribution in [0.2, 0.25) is 10.0 Å². The van der Waals surface area contributed by atoms with Crippen LogP contribution in [0.4, 0.5) is 23.2 Å². The van der Waals surface area contributed by atoms with Crippen molar-refractivity contribution >= 4 is 40.9 Å². The molecular weight excluding hydrogens is 369 g/mol. The van der Waals surface area contributed by atoms with Gasteiger partial charge in [-0.25, -0.2) is 4.39 Å². The van der Waals surface area contributed by atoms with Gasteiger partial charge in [-0.2, -0.15) is 13.2 Å². The van der Waals surface area contributed by atoms with Crippen LogP contribution in [-0.4, -0.2) is 5.91 Å². The van der Waals surface area contributed by atoms with E-state index in [1.54, 1.807) is 0 Å². The maximum Gasteiger partial charge on any atom is 0.416 e. The van der Waals surface area contributed by atoms with Gasteiger partial charge >= 0.3 is 6.18 Å². The maximum absolute atomic E-state index is 13.6. The lowest BCUT2D eigenvalue weighted by Gasteiger charge is -2.10. The van der Waals surface area contributed by atoms with Gasteiger partial charge in [-0.3, -0.25) is 4.79 Å². The SMILES string of the molecule is O=C(C=Cc1c(F)cccc1Cl)Nc1cc(C(F)(F)F)ccc1Cl. The number of carbonyl (C=O) groups excluding carboxylic acids is 1. The molecule has 0 bridgehead atoms. The van der Waals surface area contributed by atoms with Gasteiger partial charge in [-0.1, -0.05) is 29.3 Å². The van der Waals surface area contributed by atoms with Crippen molar-refractivity contribution in [3.8, 4) is 0 Å². The predicted molar refractivity (Wildman–Crippen MR) is 85.5 cm³/mol. The molecule has 2 aromatic rings. The molecule has 24 heavy (non-hydrogen) atoms. The summed E-state index contributed by atoms with van der Waals surface area (Å²) < 4.78 is 51.6. The molecule has 0 saturated carbocycles. The molecule has 2 aromatic carbocycles. The van der Waals surface area contributed by atoms with E-state index in [9.17, 15) is 22.4 Å².